The Bertz CT molecular complexity index is 958. The lowest BCUT2D eigenvalue weighted by atomic mass is 10.2. The molecular weight excluding hydrogens is 418 g/mol. The highest BCUT2D eigenvalue weighted by Crippen LogP contribution is 2.27. The first-order valence-corrected chi connectivity index (χ1v) is 9.58. The summed E-state index contributed by atoms with van der Waals surface area (Å²) in [5.74, 6) is 0.254. The van der Waals surface area contributed by atoms with Crippen LogP contribution in [-0.4, -0.2) is 58.5 Å². The first-order chi connectivity index (χ1) is 15.5. The number of amides is 2. The van der Waals surface area contributed by atoms with Gasteiger partial charge in [0, 0.05) is 18.5 Å². The van der Waals surface area contributed by atoms with Crippen LogP contribution in [0.2, 0.25) is 0 Å². The van der Waals surface area contributed by atoms with Gasteiger partial charge in [0.1, 0.15) is 5.75 Å². The average molecular weight is 443 g/mol. The molecule has 0 spiro atoms. The second kappa shape index (κ2) is 12.6. The molecule has 0 unspecified atom stereocenters. The van der Waals surface area contributed by atoms with E-state index in [0.717, 1.165) is 0 Å². The maximum absolute atomic E-state index is 12.1. The zero-order chi connectivity index (χ0) is 23.3. The molecule has 0 saturated heterocycles. The topological polar surface area (TPSA) is 125 Å². The van der Waals surface area contributed by atoms with Gasteiger partial charge < -0.3 is 24.3 Å². The van der Waals surface area contributed by atoms with Crippen molar-refractivity contribution in [2.75, 3.05) is 34.5 Å². The molecule has 170 valence electrons. The van der Waals surface area contributed by atoms with Gasteiger partial charge in [-0.15, -0.1) is 0 Å². The summed E-state index contributed by atoms with van der Waals surface area (Å²) in [6.07, 6.45) is 1.49. The molecule has 2 N–H and O–H groups in total. The molecule has 0 aliphatic rings. The number of esters is 1. The molecule has 10 nitrogen and oxygen atoms in total. The molecule has 2 aromatic rings. The van der Waals surface area contributed by atoms with Crippen LogP contribution in [0, 0.1) is 0 Å². The molecule has 0 bridgehead atoms. The molecule has 0 aliphatic heterocycles. The van der Waals surface area contributed by atoms with Crippen LogP contribution in [0.5, 0.6) is 17.2 Å². The summed E-state index contributed by atoms with van der Waals surface area (Å²) in [6.45, 7) is -0.0857. The van der Waals surface area contributed by atoms with Gasteiger partial charge in [-0.1, -0.05) is 0 Å². The minimum absolute atomic E-state index is 0.0584. The van der Waals surface area contributed by atoms with Crippen LogP contribution < -0.4 is 25.0 Å². The number of hydrogen-bond donors (Lipinski definition) is 2. The number of nitrogens with zero attached hydrogens (tertiary/aromatic N) is 1. The number of nitrogens with one attached hydrogen (secondary N) is 2. The molecule has 0 aromatic heterocycles. The maximum Gasteiger partial charge on any atom is 0.343 e. The van der Waals surface area contributed by atoms with Gasteiger partial charge >= 0.3 is 5.97 Å². The quantitative estimate of drug-likeness (QED) is 0.307. The van der Waals surface area contributed by atoms with Gasteiger partial charge in [0.05, 0.1) is 27.5 Å². The zero-order valence-corrected chi connectivity index (χ0v) is 18.0. The lowest BCUT2D eigenvalue weighted by Gasteiger charge is -2.10. The Morgan fingerprint density at radius 1 is 0.969 bits per heavy atom. The molecular formula is C22H25N3O7. The fourth-order valence-electron chi connectivity index (χ4n) is 2.45. The first kappa shape index (κ1) is 24.2. The minimum atomic E-state index is -0.513. The van der Waals surface area contributed by atoms with Crippen molar-refractivity contribution in [1.82, 2.24) is 10.7 Å². The van der Waals surface area contributed by atoms with E-state index in [9.17, 15) is 14.4 Å². The predicted molar refractivity (Wildman–Crippen MR) is 116 cm³/mol. The van der Waals surface area contributed by atoms with Crippen molar-refractivity contribution >= 4 is 24.0 Å². The standard InChI is InChI=1S/C22H25N3O7/c1-29-17-7-5-16(6-8-17)22(28)23-11-10-20(26)25-24-13-15-4-9-18(19(12-15)30-2)32-14-21(27)31-3/h4-9,12-13H,10-11,14H2,1-3H3,(H,23,28)(H,25,26). The van der Waals surface area contributed by atoms with Crippen LogP contribution >= 0.6 is 0 Å². The number of hydrogen-bond acceptors (Lipinski definition) is 8. The molecule has 2 rings (SSSR count). The second-order valence-corrected chi connectivity index (χ2v) is 6.30. The summed E-state index contributed by atoms with van der Waals surface area (Å²) >= 11 is 0. The summed E-state index contributed by atoms with van der Waals surface area (Å²) < 4.78 is 20.1. The third-order valence-corrected chi connectivity index (χ3v) is 4.15. The van der Waals surface area contributed by atoms with Gasteiger partial charge in [0.25, 0.3) is 5.91 Å². The van der Waals surface area contributed by atoms with Crippen molar-refractivity contribution in [2.45, 2.75) is 6.42 Å². The molecule has 32 heavy (non-hydrogen) atoms. The van der Waals surface area contributed by atoms with Gasteiger partial charge in [0.2, 0.25) is 5.91 Å². The SMILES string of the molecule is COC(=O)COc1ccc(C=NNC(=O)CCNC(=O)c2ccc(OC)cc2)cc1OC. The van der Waals surface area contributed by atoms with Crippen molar-refractivity contribution in [1.29, 1.82) is 0 Å². The van der Waals surface area contributed by atoms with Crippen molar-refractivity contribution < 1.29 is 33.3 Å². The number of carbonyl (C=O) groups excluding carboxylic acids is 3. The normalized spacial score (nSPS) is 10.3. The Balaban J connectivity index is 1.78. The molecule has 0 radical (unpaired) electrons. The van der Waals surface area contributed by atoms with E-state index in [0.29, 0.717) is 28.4 Å². The fourth-order valence-corrected chi connectivity index (χ4v) is 2.45. The minimum Gasteiger partial charge on any atom is -0.497 e. The second-order valence-electron chi connectivity index (χ2n) is 6.30. The number of rotatable bonds is 11. The van der Waals surface area contributed by atoms with E-state index in [1.54, 1.807) is 49.6 Å². The Morgan fingerprint density at radius 3 is 2.38 bits per heavy atom. The summed E-state index contributed by atoms with van der Waals surface area (Å²) in [5.41, 5.74) is 3.50. The highest BCUT2D eigenvalue weighted by Gasteiger charge is 2.09. The van der Waals surface area contributed by atoms with Crippen LogP contribution in [0.4, 0.5) is 0 Å². The summed E-state index contributed by atoms with van der Waals surface area (Å²) in [4.78, 5) is 35.1. The molecule has 10 heteroatoms. The number of benzene rings is 2. The molecule has 0 aliphatic carbocycles. The maximum atomic E-state index is 12.1. The first-order valence-electron chi connectivity index (χ1n) is 9.58. The van der Waals surface area contributed by atoms with E-state index in [1.165, 1.54) is 20.4 Å². The lowest BCUT2D eigenvalue weighted by Crippen LogP contribution is -2.29. The van der Waals surface area contributed by atoms with Gasteiger partial charge in [-0.25, -0.2) is 10.2 Å². The van der Waals surface area contributed by atoms with Crippen LogP contribution in [0.15, 0.2) is 47.6 Å². The Hall–Kier alpha value is -4.08. The van der Waals surface area contributed by atoms with E-state index in [4.69, 9.17) is 14.2 Å². The average Bonchev–Trinajstić information content (AvgIpc) is 2.82. The van der Waals surface area contributed by atoms with Crippen LogP contribution in [-0.2, 0) is 14.3 Å². The van der Waals surface area contributed by atoms with E-state index in [1.807, 2.05) is 0 Å². The van der Waals surface area contributed by atoms with Gasteiger partial charge in [0.15, 0.2) is 18.1 Å². The highest BCUT2D eigenvalue weighted by molar-refractivity contribution is 5.94. The lowest BCUT2D eigenvalue weighted by molar-refractivity contribution is -0.142. The molecule has 2 aromatic carbocycles. The molecule has 0 fully saturated rings. The number of methoxy groups -OCH3 is 3. The van der Waals surface area contributed by atoms with Crippen LogP contribution in [0.1, 0.15) is 22.3 Å². The van der Waals surface area contributed by atoms with Gasteiger partial charge in [-0.2, -0.15) is 5.10 Å². The number of carbonyl (C=O) groups is 3. The van der Waals surface area contributed by atoms with Gasteiger partial charge in [-0.3, -0.25) is 9.59 Å². The summed E-state index contributed by atoms with van der Waals surface area (Å²) in [5, 5.41) is 6.55. The molecule has 0 saturated carbocycles. The smallest absolute Gasteiger partial charge is 0.343 e. The summed E-state index contributed by atoms with van der Waals surface area (Å²) in [7, 11) is 4.28. The van der Waals surface area contributed by atoms with E-state index in [-0.39, 0.29) is 31.4 Å². The monoisotopic (exact) mass is 443 g/mol. The molecule has 0 heterocycles. The Kier molecular flexibility index (Phi) is 9.51. The Morgan fingerprint density at radius 2 is 1.72 bits per heavy atom. The molecule has 2 amide bonds. The fraction of sp³-hybridized carbons (Fsp3) is 0.273. The van der Waals surface area contributed by atoms with Crippen molar-refractivity contribution in [3.63, 3.8) is 0 Å². The van der Waals surface area contributed by atoms with E-state index >= 15 is 0 Å². The third kappa shape index (κ3) is 7.63. The van der Waals surface area contributed by atoms with Crippen molar-refractivity contribution in [3.8, 4) is 17.2 Å². The molecule has 0 atom stereocenters. The summed E-state index contributed by atoms with van der Waals surface area (Å²) in [6, 6.07) is 11.6. The van der Waals surface area contributed by atoms with Crippen LogP contribution in [0.25, 0.3) is 0 Å². The number of ether oxygens (including phenoxy) is 4. The van der Waals surface area contributed by atoms with Crippen LogP contribution in [0.3, 0.4) is 0 Å². The van der Waals surface area contributed by atoms with E-state index < -0.39 is 5.97 Å². The Labute approximate surface area is 185 Å². The van der Waals surface area contributed by atoms with Crippen molar-refractivity contribution in [3.05, 3.63) is 53.6 Å². The zero-order valence-electron chi connectivity index (χ0n) is 18.0. The number of hydrazone groups is 1. The largest absolute Gasteiger partial charge is 0.497 e. The highest BCUT2D eigenvalue weighted by atomic mass is 16.6. The van der Waals surface area contributed by atoms with Gasteiger partial charge in [-0.05, 0) is 48.0 Å². The van der Waals surface area contributed by atoms with Crippen molar-refractivity contribution in [2.24, 2.45) is 5.10 Å². The third-order valence-electron chi connectivity index (χ3n) is 4.15. The predicted octanol–water partition coefficient (Wildman–Crippen LogP) is 1.53. The van der Waals surface area contributed by atoms with E-state index in [2.05, 4.69) is 20.6 Å².